The first kappa shape index (κ1) is 16.6. The van der Waals surface area contributed by atoms with E-state index >= 15 is 0 Å². The fourth-order valence-corrected chi connectivity index (χ4v) is 3.79. The van der Waals surface area contributed by atoms with Crippen LogP contribution in [0.1, 0.15) is 18.3 Å². The Labute approximate surface area is 155 Å². The molecule has 6 heteroatoms. The molecule has 0 spiro atoms. The van der Waals surface area contributed by atoms with Gasteiger partial charge in [0.15, 0.2) is 0 Å². The molecule has 26 heavy (non-hydrogen) atoms. The van der Waals surface area contributed by atoms with Crippen LogP contribution >= 0.6 is 11.8 Å². The van der Waals surface area contributed by atoms with Gasteiger partial charge < -0.3 is 4.57 Å². The molecule has 1 saturated heterocycles. The fourth-order valence-electron chi connectivity index (χ4n) is 2.98. The second kappa shape index (κ2) is 6.46. The number of fused-ring (bicyclic) bond motifs is 1. The number of amides is 2. The van der Waals surface area contributed by atoms with E-state index in [2.05, 4.69) is 11.9 Å². The lowest BCUT2D eigenvalue weighted by Crippen LogP contribution is -2.27. The number of aryl methyl sites for hydroxylation is 2. The van der Waals surface area contributed by atoms with E-state index in [4.69, 9.17) is 0 Å². The van der Waals surface area contributed by atoms with Crippen molar-refractivity contribution in [2.45, 2.75) is 13.3 Å². The molecule has 2 aromatic carbocycles. The summed E-state index contributed by atoms with van der Waals surface area (Å²) in [6.45, 7) is 2.06. The molecule has 130 valence electrons. The summed E-state index contributed by atoms with van der Waals surface area (Å²) >= 11 is 0.945. The molecule has 4 rings (SSSR count). The van der Waals surface area contributed by atoms with Crippen LogP contribution in [0.5, 0.6) is 0 Å². The lowest BCUT2D eigenvalue weighted by atomic mass is 10.1. The first-order valence-electron chi connectivity index (χ1n) is 8.37. The van der Waals surface area contributed by atoms with Crippen LogP contribution in [0.25, 0.3) is 17.1 Å². The zero-order valence-electron chi connectivity index (χ0n) is 14.5. The molecule has 5 nitrogen and oxygen atoms in total. The van der Waals surface area contributed by atoms with Crippen LogP contribution in [0.15, 0.2) is 53.4 Å². The van der Waals surface area contributed by atoms with Gasteiger partial charge in [-0.2, -0.15) is 0 Å². The summed E-state index contributed by atoms with van der Waals surface area (Å²) < 4.78 is 1.92. The minimum atomic E-state index is -0.309. The van der Waals surface area contributed by atoms with Gasteiger partial charge in [0.1, 0.15) is 5.82 Å². The summed E-state index contributed by atoms with van der Waals surface area (Å²) in [5.74, 6) is 0.342. The third-order valence-electron chi connectivity index (χ3n) is 4.48. The first-order valence-corrected chi connectivity index (χ1v) is 9.18. The van der Waals surface area contributed by atoms with E-state index in [1.54, 1.807) is 6.08 Å². The predicted octanol–water partition coefficient (Wildman–Crippen LogP) is 4.38. The number of hydrogen-bond acceptors (Lipinski definition) is 4. The van der Waals surface area contributed by atoms with E-state index in [9.17, 15) is 9.59 Å². The van der Waals surface area contributed by atoms with Crippen molar-refractivity contribution in [1.29, 1.82) is 0 Å². The number of carbonyl (C=O) groups excluding carboxylic acids is 2. The number of imide groups is 1. The van der Waals surface area contributed by atoms with Gasteiger partial charge in [0.25, 0.3) is 11.1 Å². The van der Waals surface area contributed by atoms with Gasteiger partial charge >= 0.3 is 0 Å². The van der Waals surface area contributed by atoms with Crippen LogP contribution in [-0.4, -0.2) is 20.7 Å². The lowest BCUT2D eigenvalue weighted by molar-refractivity contribution is -0.113. The van der Waals surface area contributed by atoms with Gasteiger partial charge in [0.2, 0.25) is 0 Å². The van der Waals surface area contributed by atoms with E-state index in [1.165, 1.54) is 4.90 Å². The average molecular weight is 363 g/mol. The smallest absolute Gasteiger partial charge is 0.298 e. The van der Waals surface area contributed by atoms with Gasteiger partial charge in [-0.25, -0.2) is 9.88 Å². The second-order valence-corrected chi connectivity index (χ2v) is 7.05. The Morgan fingerprint density at radius 3 is 2.50 bits per heavy atom. The molecule has 2 amide bonds. The molecule has 2 heterocycles. The molecule has 1 aliphatic heterocycles. The molecule has 0 atom stereocenters. The molecular weight excluding hydrogens is 346 g/mol. The summed E-state index contributed by atoms with van der Waals surface area (Å²) in [7, 11) is 1.90. The number of benzene rings is 2. The second-order valence-electron chi connectivity index (χ2n) is 6.05. The maximum Gasteiger partial charge on any atom is 0.298 e. The lowest BCUT2D eigenvalue weighted by Gasteiger charge is -2.12. The maximum atomic E-state index is 12.8. The molecule has 1 fully saturated rings. The summed E-state index contributed by atoms with van der Waals surface area (Å²) in [6, 6.07) is 15.3. The highest BCUT2D eigenvalue weighted by Gasteiger charge is 2.36. The number of para-hydroxylation sites is 2. The van der Waals surface area contributed by atoms with Crippen LogP contribution in [0, 0.1) is 0 Å². The summed E-state index contributed by atoms with van der Waals surface area (Å²) in [4.78, 5) is 31.3. The van der Waals surface area contributed by atoms with Crippen molar-refractivity contribution < 1.29 is 9.59 Å². The Kier molecular flexibility index (Phi) is 4.12. The van der Waals surface area contributed by atoms with E-state index in [0.29, 0.717) is 16.4 Å². The predicted molar refractivity (Wildman–Crippen MR) is 105 cm³/mol. The van der Waals surface area contributed by atoms with Crippen LogP contribution in [0.2, 0.25) is 0 Å². The Balaban J connectivity index is 1.69. The summed E-state index contributed by atoms with van der Waals surface area (Å²) in [5, 5.41) is -0.288. The molecule has 1 aromatic heterocycles. The van der Waals surface area contributed by atoms with Crippen molar-refractivity contribution in [2.24, 2.45) is 7.05 Å². The number of aromatic nitrogens is 2. The SMILES string of the molecule is CCc1ccc(N2C(=O)SC(=Cc3nc4ccccc4n3C)C2=O)cc1. The van der Waals surface area contributed by atoms with E-state index < -0.39 is 0 Å². The monoisotopic (exact) mass is 363 g/mol. The molecule has 0 radical (unpaired) electrons. The quantitative estimate of drug-likeness (QED) is 0.648. The number of hydrogen-bond donors (Lipinski definition) is 0. The molecule has 0 bridgehead atoms. The zero-order valence-corrected chi connectivity index (χ0v) is 15.3. The molecule has 0 aliphatic carbocycles. The Morgan fingerprint density at radius 1 is 1.08 bits per heavy atom. The number of rotatable bonds is 3. The minimum absolute atomic E-state index is 0.288. The van der Waals surface area contributed by atoms with Crippen molar-refractivity contribution >= 4 is 45.7 Å². The van der Waals surface area contributed by atoms with Crippen LogP contribution in [-0.2, 0) is 18.3 Å². The molecule has 3 aromatic rings. The normalized spacial score (nSPS) is 16.2. The highest BCUT2D eigenvalue weighted by molar-refractivity contribution is 8.19. The highest BCUT2D eigenvalue weighted by Crippen LogP contribution is 2.35. The summed E-state index contributed by atoms with van der Waals surface area (Å²) in [5.41, 5.74) is 3.60. The number of carbonyl (C=O) groups is 2. The highest BCUT2D eigenvalue weighted by atomic mass is 32.2. The number of imidazole rings is 1. The molecule has 0 unspecified atom stereocenters. The Morgan fingerprint density at radius 2 is 1.81 bits per heavy atom. The molecule has 0 saturated carbocycles. The van der Waals surface area contributed by atoms with Gasteiger partial charge in [-0.3, -0.25) is 9.59 Å². The van der Waals surface area contributed by atoms with Crippen molar-refractivity contribution in [3.8, 4) is 0 Å². The van der Waals surface area contributed by atoms with Crippen molar-refractivity contribution in [3.05, 3.63) is 64.8 Å². The van der Waals surface area contributed by atoms with Gasteiger partial charge in [-0.1, -0.05) is 31.2 Å². The molecule has 0 N–H and O–H groups in total. The number of nitrogens with zero attached hydrogens (tertiary/aromatic N) is 3. The first-order chi connectivity index (χ1) is 12.6. The average Bonchev–Trinajstić information content (AvgIpc) is 3.12. The van der Waals surface area contributed by atoms with Crippen molar-refractivity contribution in [1.82, 2.24) is 9.55 Å². The zero-order chi connectivity index (χ0) is 18.3. The Bertz CT molecular complexity index is 1050. The van der Waals surface area contributed by atoms with Crippen LogP contribution in [0.3, 0.4) is 0 Å². The summed E-state index contributed by atoms with van der Waals surface area (Å²) in [6.07, 6.45) is 2.60. The van der Waals surface area contributed by atoms with Crippen molar-refractivity contribution in [2.75, 3.05) is 4.90 Å². The van der Waals surface area contributed by atoms with Crippen LogP contribution in [0.4, 0.5) is 10.5 Å². The van der Waals surface area contributed by atoms with Gasteiger partial charge in [0.05, 0.1) is 21.6 Å². The van der Waals surface area contributed by atoms with Gasteiger partial charge in [0, 0.05) is 13.1 Å². The number of thioether (sulfide) groups is 1. The number of anilines is 1. The van der Waals surface area contributed by atoms with Gasteiger partial charge in [-0.15, -0.1) is 0 Å². The van der Waals surface area contributed by atoms with Crippen LogP contribution < -0.4 is 4.90 Å². The molecular formula is C20H17N3O2S. The Hall–Kier alpha value is -2.86. The van der Waals surface area contributed by atoms with E-state index in [-0.39, 0.29) is 11.1 Å². The third kappa shape index (κ3) is 2.72. The van der Waals surface area contributed by atoms with E-state index in [0.717, 1.165) is 34.8 Å². The minimum Gasteiger partial charge on any atom is -0.328 e. The molecule has 1 aliphatic rings. The van der Waals surface area contributed by atoms with Gasteiger partial charge in [-0.05, 0) is 48.0 Å². The van der Waals surface area contributed by atoms with Crippen molar-refractivity contribution in [3.63, 3.8) is 0 Å². The third-order valence-corrected chi connectivity index (χ3v) is 5.35. The van der Waals surface area contributed by atoms with E-state index in [1.807, 2.05) is 60.1 Å². The topological polar surface area (TPSA) is 55.2 Å². The largest absolute Gasteiger partial charge is 0.328 e. The fraction of sp³-hybridized carbons (Fsp3) is 0.150. The standard InChI is InChI=1S/C20H17N3O2S/c1-3-13-8-10-14(11-9-13)23-19(24)17(26-20(23)25)12-18-21-15-6-4-5-7-16(15)22(18)2/h4-12H,3H2,1-2H3. The maximum absolute atomic E-state index is 12.8.